The molecule has 0 N–H and O–H groups in total. The molecule has 0 saturated heterocycles. The predicted octanol–water partition coefficient (Wildman–Crippen LogP) is 16.3. The van der Waals surface area contributed by atoms with Crippen molar-refractivity contribution in [3.63, 3.8) is 0 Å². The van der Waals surface area contributed by atoms with Gasteiger partial charge in [-0.1, -0.05) is 177 Å². The number of hydrogen-bond acceptors (Lipinski definition) is 2. The van der Waals surface area contributed by atoms with E-state index in [-0.39, 0.29) is 23.0 Å². The van der Waals surface area contributed by atoms with Crippen molar-refractivity contribution in [3.8, 4) is 33.6 Å². The average Bonchev–Trinajstić information content (AvgIpc) is 4.10. The summed E-state index contributed by atoms with van der Waals surface area (Å²) >= 11 is 1.99. The maximum Gasteiger partial charge on any atom is 0.264 e. The van der Waals surface area contributed by atoms with Crippen LogP contribution in [0, 0.1) is 0 Å². The Morgan fingerprint density at radius 1 is 0.486 bits per heavy atom. The van der Waals surface area contributed by atoms with Gasteiger partial charge in [0.05, 0.1) is 22.2 Å². The summed E-state index contributed by atoms with van der Waals surface area (Å²) in [6.45, 7) is 18.8. The zero-order valence-corrected chi connectivity index (χ0v) is 43.0. The molecule has 346 valence electrons. The molecule has 72 heavy (non-hydrogen) atoms. The Labute approximate surface area is 425 Å². The Bertz CT molecular complexity index is 4320. The smallest absolute Gasteiger partial charge is 0.264 e. The standard InChI is InChI=1S/C67H54BN3S/c1-65(2,3)40-28-31-43(32-29-40)70-55-36-39(44-22-16-23-47-45-20-12-14-25-51(45)67(7,8)59(44)47)37-56-60(55)68(64-63(70)50-38-41(66(4,5)6)30-35-57(50)72-64)52-26-17-24-49-58-54(71(56)61(49)52)34-33-48-46-21-13-15-27-53(46)69(62(48)58)42-18-10-9-11-19-42/h9-38H,1-8H3. The molecule has 0 bridgehead atoms. The zero-order valence-electron chi connectivity index (χ0n) is 42.1. The lowest BCUT2D eigenvalue weighted by molar-refractivity contribution is 0.590. The molecular weight excluding hydrogens is 890 g/mol. The fraction of sp³-hybridized carbons (Fsp3) is 0.164. The topological polar surface area (TPSA) is 13.1 Å². The molecular formula is C67H54BN3S. The van der Waals surface area contributed by atoms with Gasteiger partial charge in [-0.05, 0) is 127 Å². The van der Waals surface area contributed by atoms with Crippen molar-refractivity contribution in [2.45, 2.75) is 71.6 Å². The van der Waals surface area contributed by atoms with Gasteiger partial charge in [-0.2, -0.15) is 0 Å². The van der Waals surface area contributed by atoms with Crippen LogP contribution in [0.1, 0.15) is 77.6 Å². The van der Waals surface area contributed by atoms with Gasteiger partial charge in [-0.25, -0.2) is 0 Å². The van der Waals surface area contributed by atoms with Crippen molar-refractivity contribution in [1.82, 2.24) is 9.13 Å². The summed E-state index contributed by atoms with van der Waals surface area (Å²) < 4.78 is 7.92. The van der Waals surface area contributed by atoms with Crippen LogP contribution in [-0.4, -0.2) is 15.8 Å². The largest absolute Gasteiger partial charge is 0.310 e. The van der Waals surface area contributed by atoms with E-state index in [4.69, 9.17) is 0 Å². The number of rotatable bonds is 3. The normalized spacial score (nSPS) is 14.4. The Balaban J connectivity index is 1.12. The summed E-state index contributed by atoms with van der Waals surface area (Å²) in [5, 5.41) is 6.45. The summed E-state index contributed by atoms with van der Waals surface area (Å²) in [6, 6.07) is 70.0. The number of fused-ring (bicyclic) bond motifs is 16. The van der Waals surface area contributed by atoms with Gasteiger partial charge in [0.2, 0.25) is 0 Å². The maximum absolute atomic E-state index is 2.67. The average molecular weight is 944 g/mol. The minimum Gasteiger partial charge on any atom is -0.310 e. The Hall–Kier alpha value is -7.60. The van der Waals surface area contributed by atoms with Crippen LogP contribution in [0.3, 0.4) is 0 Å². The highest BCUT2D eigenvalue weighted by Crippen LogP contribution is 2.54. The van der Waals surface area contributed by atoms with Gasteiger partial charge in [0, 0.05) is 70.1 Å². The summed E-state index contributed by atoms with van der Waals surface area (Å²) in [5.41, 5.74) is 24.4. The van der Waals surface area contributed by atoms with Crippen molar-refractivity contribution in [1.29, 1.82) is 0 Å². The molecule has 9 aromatic carbocycles. The van der Waals surface area contributed by atoms with Gasteiger partial charge >= 0.3 is 0 Å². The second-order valence-electron chi connectivity index (χ2n) is 23.3. The van der Waals surface area contributed by atoms with E-state index in [0.717, 1.165) is 0 Å². The Morgan fingerprint density at radius 2 is 1.17 bits per heavy atom. The van der Waals surface area contributed by atoms with E-state index in [1.54, 1.807) is 0 Å². The van der Waals surface area contributed by atoms with Crippen LogP contribution < -0.4 is 20.6 Å². The highest BCUT2D eigenvalue weighted by molar-refractivity contribution is 7.33. The molecule has 0 saturated carbocycles. The van der Waals surface area contributed by atoms with Gasteiger partial charge in [-0.15, -0.1) is 11.3 Å². The quantitative estimate of drug-likeness (QED) is 0.161. The second kappa shape index (κ2) is 14.3. The third-order valence-electron chi connectivity index (χ3n) is 16.8. The van der Waals surface area contributed by atoms with Crippen molar-refractivity contribution in [3.05, 3.63) is 204 Å². The first-order valence-electron chi connectivity index (χ1n) is 25.7. The van der Waals surface area contributed by atoms with E-state index in [9.17, 15) is 0 Å². The fourth-order valence-electron chi connectivity index (χ4n) is 13.4. The Kier molecular flexibility index (Phi) is 8.37. The lowest BCUT2D eigenvalue weighted by atomic mass is 9.36. The first kappa shape index (κ1) is 42.1. The summed E-state index contributed by atoms with van der Waals surface area (Å²) in [7, 11) is 0. The van der Waals surface area contributed by atoms with Gasteiger partial charge in [-0.3, -0.25) is 0 Å². The number of para-hydroxylation sites is 3. The van der Waals surface area contributed by atoms with E-state index in [0.29, 0.717) is 0 Å². The maximum atomic E-state index is 2.67. The minimum absolute atomic E-state index is 0.0119. The van der Waals surface area contributed by atoms with E-state index in [1.165, 1.54) is 142 Å². The van der Waals surface area contributed by atoms with Crippen molar-refractivity contribution in [2.75, 3.05) is 4.90 Å². The van der Waals surface area contributed by atoms with Crippen LogP contribution in [-0.2, 0) is 16.2 Å². The van der Waals surface area contributed by atoms with Crippen LogP contribution in [0.5, 0.6) is 0 Å². The molecule has 3 aromatic heterocycles. The third-order valence-corrected chi connectivity index (χ3v) is 18.0. The Morgan fingerprint density at radius 3 is 1.97 bits per heavy atom. The van der Waals surface area contributed by atoms with E-state index in [1.807, 2.05) is 11.3 Å². The van der Waals surface area contributed by atoms with Crippen LogP contribution in [0.15, 0.2) is 182 Å². The van der Waals surface area contributed by atoms with Gasteiger partial charge in [0.15, 0.2) is 0 Å². The number of nitrogens with zero attached hydrogens (tertiary/aromatic N) is 3. The molecule has 0 amide bonds. The van der Waals surface area contributed by atoms with Crippen molar-refractivity contribution >= 4 is 105 Å². The molecule has 1 aliphatic carbocycles. The number of thiophene rings is 1. The molecule has 3 aliphatic rings. The molecule has 5 heterocycles. The van der Waals surface area contributed by atoms with E-state index >= 15 is 0 Å². The van der Waals surface area contributed by atoms with E-state index in [2.05, 4.69) is 251 Å². The molecule has 5 heteroatoms. The molecule has 15 rings (SSSR count). The number of benzene rings is 9. The number of anilines is 3. The molecule has 2 aliphatic heterocycles. The van der Waals surface area contributed by atoms with Gasteiger partial charge < -0.3 is 14.0 Å². The fourth-order valence-corrected chi connectivity index (χ4v) is 14.7. The molecule has 0 fully saturated rings. The molecule has 0 unspecified atom stereocenters. The lowest BCUT2D eigenvalue weighted by Crippen LogP contribution is -2.59. The summed E-state index contributed by atoms with van der Waals surface area (Å²) in [4.78, 5) is 2.66. The van der Waals surface area contributed by atoms with Crippen LogP contribution in [0.4, 0.5) is 17.1 Å². The monoisotopic (exact) mass is 943 g/mol. The third kappa shape index (κ3) is 5.52. The van der Waals surface area contributed by atoms with Crippen molar-refractivity contribution < 1.29 is 0 Å². The summed E-state index contributed by atoms with van der Waals surface area (Å²) in [5.74, 6) is 0. The zero-order chi connectivity index (χ0) is 48.7. The lowest BCUT2D eigenvalue weighted by Gasteiger charge is -2.39. The molecule has 12 aromatic rings. The number of aromatic nitrogens is 2. The molecule has 3 nitrogen and oxygen atoms in total. The SMILES string of the molecule is CC(C)(C)c1ccc(N2c3cc(-c4cccc5c4C(C)(C)c4ccccc4-5)cc4c3B(c3sc5ccc(C(C)(C)C)cc5c32)c2cccc3c5c(ccc6c7ccccc7n(-c7ccccc7)c65)n-4c23)cc1. The van der Waals surface area contributed by atoms with Gasteiger partial charge in [0.25, 0.3) is 6.71 Å². The second-order valence-corrected chi connectivity index (χ2v) is 24.4. The highest BCUT2D eigenvalue weighted by atomic mass is 32.1. The first-order valence-corrected chi connectivity index (χ1v) is 26.5. The van der Waals surface area contributed by atoms with Gasteiger partial charge in [0.1, 0.15) is 0 Å². The predicted molar refractivity (Wildman–Crippen MR) is 310 cm³/mol. The van der Waals surface area contributed by atoms with Crippen LogP contribution in [0.25, 0.3) is 87.3 Å². The summed E-state index contributed by atoms with van der Waals surface area (Å²) in [6.07, 6.45) is 0. The molecule has 0 atom stereocenters. The first-order chi connectivity index (χ1) is 34.8. The highest BCUT2D eigenvalue weighted by Gasteiger charge is 2.46. The minimum atomic E-state index is -0.197. The van der Waals surface area contributed by atoms with Crippen LogP contribution in [0.2, 0.25) is 0 Å². The molecule has 0 spiro atoms. The molecule has 0 radical (unpaired) electrons. The van der Waals surface area contributed by atoms with Crippen molar-refractivity contribution in [2.24, 2.45) is 0 Å². The van der Waals surface area contributed by atoms with E-state index < -0.39 is 0 Å². The van der Waals surface area contributed by atoms with Crippen LogP contribution >= 0.6 is 11.3 Å². The number of hydrogen-bond donors (Lipinski definition) is 0.